The molecule has 0 bridgehead atoms. The fraction of sp³-hybridized carbons (Fsp3) is 0.409. The summed E-state index contributed by atoms with van der Waals surface area (Å²) < 4.78 is 32.4. The molecule has 0 aromatic heterocycles. The number of nitrogens with one attached hydrogen (secondary N) is 1. The van der Waals surface area contributed by atoms with E-state index in [4.69, 9.17) is 16.3 Å². The Kier molecular flexibility index (Phi) is 9.14. The van der Waals surface area contributed by atoms with Gasteiger partial charge in [0.1, 0.15) is 5.75 Å². The molecule has 1 N–H and O–H groups in total. The van der Waals surface area contributed by atoms with Crippen LogP contribution in [0, 0.1) is 0 Å². The molecule has 1 amide bonds. The van der Waals surface area contributed by atoms with Crippen molar-refractivity contribution in [1.82, 2.24) is 9.62 Å². The van der Waals surface area contributed by atoms with Crippen molar-refractivity contribution in [2.24, 2.45) is 0 Å². The number of benzene rings is 2. The normalized spacial score (nSPS) is 12.6. The number of halogens is 1. The minimum atomic E-state index is -3.86. The Morgan fingerprint density at radius 2 is 1.87 bits per heavy atom. The molecule has 2 aromatic carbocycles. The highest BCUT2D eigenvalue weighted by molar-refractivity contribution is 7.89. The molecule has 1 atom stereocenters. The van der Waals surface area contributed by atoms with E-state index < -0.39 is 10.0 Å². The Hall–Kier alpha value is -2.09. The lowest BCUT2D eigenvalue weighted by atomic mass is 10.1. The number of rotatable bonds is 11. The van der Waals surface area contributed by atoms with Gasteiger partial charge in [0.2, 0.25) is 15.9 Å². The Bertz CT molecular complexity index is 935. The van der Waals surface area contributed by atoms with Gasteiger partial charge in [-0.2, -0.15) is 4.31 Å². The van der Waals surface area contributed by atoms with E-state index in [1.807, 2.05) is 44.2 Å². The Labute approximate surface area is 184 Å². The van der Waals surface area contributed by atoms with Crippen molar-refractivity contribution in [3.63, 3.8) is 0 Å². The molecular weight excluding hydrogens is 424 g/mol. The highest BCUT2D eigenvalue weighted by atomic mass is 35.5. The van der Waals surface area contributed by atoms with Crippen LogP contribution in [0.4, 0.5) is 0 Å². The minimum absolute atomic E-state index is 0.0303. The fourth-order valence-corrected chi connectivity index (χ4v) is 4.74. The zero-order valence-corrected chi connectivity index (χ0v) is 19.2. The van der Waals surface area contributed by atoms with Crippen LogP contribution in [0.1, 0.15) is 32.8 Å². The SMILES string of the molecule is CCOc1ccc(S(=O)(=O)N(CC)CC(=O)N[C@@H](C)CCc2ccccc2)cc1Cl. The topological polar surface area (TPSA) is 75.7 Å². The first kappa shape index (κ1) is 24.2. The van der Waals surface area contributed by atoms with Crippen molar-refractivity contribution >= 4 is 27.5 Å². The molecule has 164 valence electrons. The Morgan fingerprint density at radius 1 is 1.17 bits per heavy atom. The van der Waals surface area contributed by atoms with Crippen molar-refractivity contribution in [2.45, 2.75) is 44.6 Å². The van der Waals surface area contributed by atoms with Crippen molar-refractivity contribution < 1.29 is 17.9 Å². The number of nitrogens with zero attached hydrogens (tertiary/aromatic N) is 1. The number of hydrogen-bond donors (Lipinski definition) is 1. The van der Waals surface area contributed by atoms with Crippen molar-refractivity contribution in [1.29, 1.82) is 0 Å². The van der Waals surface area contributed by atoms with Crippen LogP contribution < -0.4 is 10.1 Å². The molecule has 0 aliphatic heterocycles. The number of aryl methyl sites for hydroxylation is 1. The van der Waals surface area contributed by atoms with Crippen LogP contribution in [0.2, 0.25) is 5.02 Å². The maximum atomic E-state index is 13.0. The van der Waals surface area contributed by atoms with Gasteiger partial charge in [0.05, 0.1) is 23.1 Å². The summed E-state index contributed by atoms with van der Waals surface area (Å²) >= 11 is 6.13. The van der Waals surface area contributed by atoms with Crippen LogP contribution in [0.15, 0.2) is 53.4 Å². The highest BCUT2D eigenvalue weighted by Gasteiger charge is 2.26. The van der Waals surface area contributed by atoms with E-state index in [1.165, 1.54) is 23.8 Å². The van der Waals surface area contributed by atoms with Crippen LogP contribution in [0.5, 0.6) is 5.75 Å². The van der Waals surface area contributed by atoms with Gasteiger partial charge in [0.25, 0.3) is 0 Å². The third kappa shape index (κ3) is 6.72. The quantitative estimate of drug-likeness (QED) is 0.561. The standard InChI is InChI=1S/C22H29ClN2O4S/c1-4-25(30(27,28)19-13-14-21(29-5-2)20(23)15-19)16-22(26)24-17(3)11-12-18-9-7-6-8-10-18/h6-10,13-15,17H,4-5,11-12,16H2,1-3H3,(H,24,26)/t17-/m0/s1. The molecule has 0 fully saturated rings. The predicted molar refractivity (Wildman–Crippen MR) is 119 cm³/mol. The number of likely N-dealkylation sites (N-methyl/N-ethyl adjacent to an activating group) is 1. The average molecular weight is 453 g/mol. The molecular formula is C22H29ClN2O4S. The Balaban J connectivity index is 1.98. The van der Waals surface area contributed by atoms with Gasteiger partial charge >= 0.3 is 0 Å². The second-order valence-corrected chi connectivity index (χ2v) is 9.29. The lowest BCUT2D eigenvalue weighted by Crippen LogP contribution is -2.43. The molecule has 0 saturated carbocycles. The first-order valence-electron chi connectivity index (χ1n) is 10.0. The van der Waals surface area contributed by atoms with Crippen LogP contribution in [-0.4, -0.2) is 44.4 Å². The van der Waals surface area contributed by atoms with Gasteiger partial charge in [-0.1, -0.05) is 48.9 Å². The van der Waals surface area contributed by atoms with Gasteiger partial charge in [-0.05, 0) is 50.5 Å². The van der Waals surface area contributed by atoms with E-state index in [0.717, 1.165) is 17.1 Å². The molecule has 8 heteroatoms. The van der Waals surface area contributed by atoms with Crippen molar-refractivity contribution in [3.05, 3.63) is 59.1 Å². The summed E-state index contributed by atoms with van der Waals surface area (Å²) in [4.78, 5) is 12.5. The molecule has 0 spiro atoms. The molecule has 30 heavy (non-hydrogen) atoms. The second kappa shape index (κ2) is 11.3. The lowest BCUT2D eigenvalue weighted by Gasteiger charge is -2.22. The smallest absolute Gasteiger partial charge is 0.243 e. The van der Waals surface area contributed by atoms with E-state index in [0.29, 0.717) is 12.4 Å². The summed E-state index contributed by atoms with van der Waals surface area (Å²) in [6, 6.07) is 14.3. The second-order valence-electron chi connectivity index (χ2n) is 6.95. The monoisotopic (exact) mass is 452 g/mol. The summed E-state index contributed by atoms with van der Waals surface area (Å²) in [5.41, 5.74) is 1.20. The number of carbonyl (C=O) groups is 1. The largest absolute Gasteiger partial charge is 0.492 e. The molecule has 0 aliphatic rings. The molecule has 0 unspecified atom stereocenters. The summed E-state index contributed by atoms with van der Waals surface area (Å²) in [6.07, 6.45) is 1.60. The summed E-state index contributed by atoms with van der Waals surface area (Å²) in [5.74, 6) is 0.0872. The minimum Gasteiger partial charge on any atom is -0.492 e. The fourth-order valence-electron chi connectivity index (χ4n) is 3.01. The predicted octanol–water partition coefficient (Wildman–Crippen LogP) is 3.89. The maximum absolute atomic E-state index is 13.0. The van der Waals surface area contributed by atoms with Crippen LogP contribution >= 0.6 is 11.6 Å². The van der Waals surface area contributed by atoms with Gasteiger partial charge in [-0.15, -0.1) is 0 Å². The van der Waals surface area contributed by atoms with Crippen LogP contribution in [0.3, 0.4) is 0 Å². The van der Waals surface area contributed by atoms with Crippen molar-refractivity contribution in [2.75, 3.05) is 19.7 Å². The summed E-state index contributed by atoms with van der Waals surface area (Å²) in [6.45, 7) is 5.77. The molecule has 0 saturated heterocycles. The van der Waals surface area contributed by atoms with Gasteiger partial charge in [0, 0.05) is 12.6 Å². The van der Waals surface area contributed by atoms with Gasteiger partial charge in [-0.3, -0.25) is 4.79 Å². The van der Waals surface area contributed by atoms with Crippen LogP contribution in [0.25, 0.3) is 0 Å². The first-order chi connectivity index (χ1) is 14.3. The number of carbonyl (C=O) groups excluding carboxylic acids is 1. The number of sulfonamides is 1. The zero-order valence-electron chi connectivity index (χ0n) is 17.6. The van der Waals surface area contributed by atoms with Gasteiger partial charge < -0.3 is 10.1 Å². The third-order valence-corrected chi connectivity index (χ3v) is 6.84. The Morgan fingerprint density at radius 3 is 2.47 bits per heavy atom. The molecule has 6 nitrogen and oxygen atoms in total. The number of amides is 1. The van der Waals surface area contributed by atoms with E-state index in [1.54, 1.807) is 6.92 Å². The van der Waals surface area contributed by atoms with E-state index >= 15 is 0 Å². The molecule has 0 radical (unpaired) electrons. The zero-order chi connectivity index (χ0) is 22.1. The molecule has 0 heterocycles. The highest BCUT2D eigenvalue weighted by Crippen LogP contribution is 2.28. The summed E-state index contributed by atoms with van der Waals surface area (Å²) in [7, 11) is -3.86. The van der Waals surface area contributed by atoms with Crippen LogP contribution in [-0.2, 0) is 21.2 Å². The average Bonchev–Trinajstić information content (AvgIpc) is 2.72. The molecule has 2 aromatic rings. The third-order valence-electron chi connectivity index (χ3n) is 4.63. The van der Waals surface area contributed by atoms with Crippen molar-refractivity contribution in [3.8, 4) is 5.75 Å². The van der Waals surface area contributed by atoms with E-state index in [9.17, 15) is 13.2 Å². The van der Waals surface area contributed by atoms with E-state index in [-0.39, 0.29) is 35.0 Å². The van der Waals surface area contributed by atoms with Gasteiger partial charge in [0.15, 0.2) is 0 Å². The summed E-state index contributed by atoms with van der Waals surface area (Å²) in [5, 5.41) is 3.10. The molecule has 0 aliphatic carbocycles. The number of ether oxygens (including phenoxy) is 1. The molecule has 2 rings (SSSR count). The number of hydrogen-bond acceptors (Lipinski definition) is 4. The van der Waals surface area contributed by atoms with Gasteiger partial charge in [-0.25, -0.2) is 8.42 Å². The lowest BCUT2D eigenvalue weighted by molar-refractivity contribution is -0.121. The maximum Gasteiger partial charge on any atom is 0.243 e. The first-order valence-corrected chi connectivity index (χ1v) is 11.9. The van der Waals surface area contributed by atoms with E-state index in [2.05, 4.69) is 5.32 Å².